The number of ether oxygens (including phenoxy) is 1. The van der Waals surface area contributed by atoms with Crippen molar-refractivity contribution in [3.05, 3.63) is 71.5 Å². The van der Waals surface area contributed by atoms with Crippen LogP contribution < -0.4 is 5.73 Å². The minimum Gasteiger partial charge on any atom is -0.447 e. The molecule has 114 valence electrons. The molecule has 0 aliphatic heterocycles. The van der Waals surface area contributed by atoms with E-state index in [0.717, 1.165) is 5.56 Å². The van der Waals surface area contributed by atoms with Crippen LogP contribution in [0.2, 0.25) is 0 Å². The fourth-order valence-electron chi connectivity index (χ4n) is 2.01. The van der Waals surface area contributed by atoms with Gasteiger partial charge >= 0.3 is 5.97 Å². The van der Waals surface area contributed by atoms with Crippen molar-refractivity contribution in [1.29, 1.82) is 0 Å². The molecule has 0 spiro atoms. The number of primary amides is 1. The fourth-order valence-corrected chi connectivity index (χ4v) is 2.01. The molecular weight excluding hydrogens is 285 g/mol. The maximum Gasteiger partial charge on any atom is 0.307 e. The van der Waals surface area contributed by atoms with Crippen LogP contribution in [0, 0.1) is 5.82 Å². The summed E-state index contributed by atoms with van der Waals surface area (Å²) in [5.41, 5.74) is 6.60. The summed E-state index contributed by atoms with van der Waals surface area (Å²) in [5, 5.41) is 0. The summed E-state index contributed by atoms with van der Waals surface area (Å²) < 4.78 is 18.0. The molecule has 0 bridgehead atoms. The molecule has 0 fully saturated rings. The van der Waals surface area contributed by atoms with Crippen molar-refractivity contribution in [2.75, 3.05) is 0 Å². The lowest BCUT2D eigenvalue weighted by atomic mass is 10.1. The molecule has 2 aromatic rings. The fraction of sp³-hybridized carbons (Fsp3) is 0.176. The van der Waals surface area contributed by atoms with Crippen LogP contribution in [0.3, 0.4) is 0 Å². The molecule has 2 N–H and O–H groups in total. The van der Waals surface area contributed by atoms with Crippen molar-refractivity contribution < 1.29 is 18.7 Å². The summed E-state index contributed by atoms with van der Waals surface area (Å²) >= 11 is 0. The zero-order valence-corrected chi connectivity index (χ0v) is 11.9. The average molecular weight is 301 g/mol. The third-order valence-electron chi connectivity index (χ3n) is 3.14. The largest absolute Gasteiger partial charge is 0.447 e. The number of rotatable bonds is 6. The van der Waals surface area contributed by atoms with E-state index in [0.29, 0.717) is 12.0 Å². The Hall–Kier alpha value is -2.69. The number of esters is 1. The molecule has 0 saturated heterocycles. The van der Waals surface area contributed by atoms with Crippen LogP contribution in [0.5, 0.6) is 0 Å². The molecule has 4 nitrogen and oxygen atoms in total. The van der Waals surface area contributed by atoms with Crippen LogP contribution in [-0.4, -0.2) is 11.9 Å². The lowest BCUT2D eigenvalue weighted by Crippen LogP contribution is -2.26. The van der Waals surface area contributed by atoms with E-state index in [-0.39, 0.29) is 6.42 Å². The quantitative estimate of drug-likeness (QED) is 0.834. The van der Waals surface area contributed by atoms with Gasteiger partial charge in [0.25, 0.3) is 5.91 Å². The third-order valence-corrected chi connectivity index (χ3v) is 3.14. The van der Waals surface area contributed by atoms with Gasteiger partial charge < -0.3 is 10.5 Å². The zero-order chi connectivity index (χ0) is 15.9. The number of benzene rings is 2. The van der Waals surface area contributed by atoms with E-state index in [2.05, 4.69) is 0 Å². The van der Waals surface area contributed by atoms with Crippen LogP contribution in [0.4, 0.5) is 4.39 Å². The highest BCUT2D eigenvalue weighted by Crippen LogP contribution is 2.18. The monoisotopic (exact) mass is 301 g/mol. The summed E-state index contributed by atoms with van der Waals surface area (Å²) in [4.78, 5) is 23.3. The van der Waals surface area contributed by atoms with E-state index < -0.39 is 23.8 Å². The van der Waals surface area contributed by atoms with Gasteiger partial charge in [-0.15, -0.1) is 0 Å². The van der Waals surface area contributed by atoms with Gasteiger partial charge in [0.2, 0.25) is 6.10 Å². The zero-order valence-electron chi connectivity index (χ0n) is 11.9. The Bertz CT molecular complexity index is 641. The number of amides is 1. The number of nitrogens with two attached hydrogens (primary N) is 1. The van der Waals surface area contributed by atoms with Crippen LogP contribution in [0.1, 0.15) is 23.7 Å². The lowest BCUT2D eigenvalue weighted by Gasteiger charge is -2.15. The second-order valence-electron chi connectivity index (χ2n) is 4.81. The van der Waals surface area contributed by atoms with Gasteiger partial charge in [0.1, 0.15) is 5.82 Å². The highest BCUT2D eigenvalue weighted by molar-refractivity contribution is 5.83. The molecule has 0 saturated carbocycles. The van der Waals surface area contributed by atoms with Crippen molar-refractivity contribution in [3.63, 3.8) is 0 Å². The van der Waals surface area contributed by atoms with Gasteiger partial charge in [-0.1, -0.05) is 42.5 Å². The second kappa shape index (κ2) is 7.36. The smallest absolute Gasteiger partial charge is 0.307 e. The van der Waals surface area contributed by atoms with E-state index >= 15 is 0 Å². The lowest BCUT2D eigenvalue weighted by molar-refractivity contribution is -0.155. The normalized spacial score (nSPS) is 11.7. The van der Waals surface area contributed by atoms with Crippen molar-refractivity contribution >= 4 is 11.9 Å². The summed E-state index contributed by atoms with van der Waals surface area (Å²) in [6.07, 6.45) is -0.562. The van der Waals surface area contributed by atoms with Crippen molar-refractivity contribution in [2.24, 2.45) is 5.73 Å². The molecule has 0 aromatic heterocycles. The molecule has 1 amide bonds. The molecular formula is C17H16FNO3. The van der Waals surface area contributed by atoms with E-state index in [1.54, 1.807) is 0 Å². The highest BCUT2D eigenvalue weighted by Gasteiger charge is 2.22. The first-order chi connectivity index (χ1) is 10.6. The number of aryl methyl sites for hydroxylation is 1. The number of carbonyl (C=O) groups excluding carboxylic acids is 2. The van der Waals surface area contributed by atoms with E-state index in [1.807, 2.05) is 30.3 Å². The second-order valence-corrected chi connectivity index (χ2v) is 4.81. The van der Waals surface area contributed by atoms with Crippen LogP contribution in [-0.2, 0) is 20.7 Å². The predicted octanol–water partition coefficient (Wildman–Crippen LogP) is 2.53. The number of hydrogen-bond acceptors (Lipinski definition) is 3. The van der Waals surface area contributed by atoms with E-state index in [4.69, 9.17) is 10.5 Å². The van der Waals surface area contributed by atoms with Gasteiger partial charge in [-0.2, -0.15) is 0 Å². The van der Waals surface area contributed by atoms with Gasteiger partial charge in [-0.25, -0.2) is 4.39 Å². The Morgan fingerprint density at radius 3 is 2.27 bits per heavy atom. The Morgan fingerprint density at radius 1 is 1.05 bits per heavy atom. The maximum absolute atomic E-state index is 12.9. The van der Waals surface area contributed by atoms with Gasteiger partial charge in [0.05, 0.1) is 0 Å². The van der Waals surface area contributed by atoms with E-state index in [9.17, 15) is 14.0 Å². The summed E-state index contributed by atoms with van der Waals surface area (Å²) in [5.74, 6) is -1.76. The van der Waals surface area contributed by atoms with Gasteiger partial charge in [-0.05, 0) is 24.1 Å². The summed E-state index contributed by atoms with van der Waals surface area (Å²) in [7, 11) is 0. The van der Waals surface area contributed by atoms with Crippen LogP contribution in [0.15, 0.2) is 54.6 Å². The Labute approximate surface area is 127 Å². The molecule has 22 heavy (non-hydrogen) atoms. The molecule has 1 atom stereocenters. The maximum atomic E-state index is 12.9. The molecule has 0 unspecified atom stereocenters. The first-order valence-electron chi connectivity index (χ1n) is 6.84. The Balaban J connectivity index is 1.97. The van der Waals surface area contributed by atoms with Gasteiger partial charge in [0, 0.05) is 12.0 Å². The van der Waals surface area contributed by atoms with Crippen LogP contribution in [0.25, 0.3) is 0 Å². The number of carbonyl (C=O) groups is 2. The predicted molar refractivity (Wildman–Crippen MR) is 79.2 cm³/mol. The Morgan fingerprint density at radius 2 is 1.68 bits per heavy atom. The van der Waals surface area contributed by atoms with Gasteiger partial charge in [-0.3, -0.25) is 9.59 Å². The molecule has 0 radical (unpaired) electrons. The van der Waals surface area contributed by atoms with Gasteiger partial charge in [0.15, 0.2) is 0 Å². The highest BCUT2D eigenvalue weighted by atomic mass is 19.1. The third kappa shape index (κ3) is 4.41. The van der Waals surface area contributed by atoms with Crippen molar-refractivity contribution in [2.45, 2.75) is 18.9 Å². The first kappa shape index (κ1) is 15.7. The number of hydrogen-bond donors (Lipinski definition) is 1. The molecule has 0 aliphatic carbocycles. The minimum atomic E-state index is -1.20. The average Bonchev–Trinajstić information content (AvgIpc) is 2.52. The minimum absolute atomic E-state index is 0.134. The van der Waals surface area contributed by atoms with Crippen molar-refractivity contribution in [3.8, 4) is 0 Å². The molecule has 2 rings (SSSR count). The Kier molecular flexibility index (Phi) is 5.25. The summed E-state index contributed by atoms with van der Waals surface area (Å²) in [6.45, 7) is 0. The van der Waals surface area contributed by atoms with E-state index in [1.165, 1.54) is 24.3 Å². The SMILES string of the molecule is NC(=O)[C@H](OC(=O)CCc1ccccc1)c1ccc(F)cc1. The van der Waals surface area contributed by atoms with Crippen LogP contribution >= 0.6 is 0 Å². The van der Waals surface area contributed by atoms with Crippen molar-refractivity contribution in [1.82, 2.24) is 0 Å². The molecule has 2 aromatic carbocycles. The topological polar surface area (TPSA) is 69.4 Å². The molecule has 5 heteroatoms. The molecule has 0 aliphatic rings. The number of halogens is 1. The standard InChI is InChI=1S/C17H16FNO3/c18-14-9-7-13(8-10-14)16(17(19)21)22-15(20)11-6-12-4-2-1-3-5-12/h1-5,7-10,16H,6,11H2,(H2,19,21)/t16-/m1/s1. The first-order valence-corrected chi connectivity index (χ1v) is 6.84. The summed E-state index contributed by atoms with van der Waals surface area (Å²) in [6, 6.07) is 14.6. The molecule has 0 heterocycles.